The van der Waals surface area contributed by atoms with Gasteiger partial charge in [-0.1, -0.05) is 37.3 Å². The van der Waals surface area contributed by atoms with Crippen molar-refractivity contribution in [1.29, 1.82) is 0 Å². The molecule has 240 valence electrons. The summed E-state index contributed by atoms with van der Waals surface area (Å²) in [7, 11) is 2.02. The number of carbonyl (C=O) groups excluding carboxylic acids is 2. The molecule has 0 unspecified atom stereocenters. The first-order valence-corrected chi connectivity index (χ1v) is 15.2. The number of halogens is 1. The van der Waals surface area contributed by atoms with Crippen molar-refractivity contribution in [2.24, 2.45) is 5.92 Å². The Hall–Kier alpha value is -4.93. The Morgan fingerprint density at radius 2 is 1.65 bits per heavy atom. The lowest BCUT2D eigenvalue weighted by Gasteiger charge is -2.38. The van der Waals surface area contributed by atoms with Crippen molar-refractivity contribution in [2.75, 3.05) is 37.4 Å². The molecular weight excluding hydrogens is 587 g/mol. The quantitative estimate of drug-likeness (QED) is 0.183. The van der Waals surface area contributed by atoms with Gasteiger partial charge in [-0.15, -0.1) is 0 Å². The Morgan fingerprint density at radius 3 is 2.35 bits per heavy atom. The zero-order chi connectivity index (χ0) is 32.6. The third kappa shape index (κ3) is 8.41. The van der Waals surface area contributed by atoms with E-state index in [0.29, 0.717) is 36.8 Å². The Labute approximate surface area is 268 Å². The number of rotatable bonds is 10. The topological polar surface area (TPSA) is 103 Å². The number of nitrogens with zero attached hydrogens (tertiary/aromatic N) is 2. The second-order valence-corrected chi connectivity index (χ2v) is 11.7. The zero-order valence-electron chi connectivity index (χ0n) is 26.2. The first-order chi connectivity index (χ1) is 22.2. The minimum Gasteiger partial charge on any atom is -0.488 e. The van der Waals surface area contributed by atoms with Gasteiger partial charge in [-0.2, -0.15) is 0 Å². The number of ether oxygens (including phenoxy) is 2. The molecule has 46 heavy (non-hydrogen) atoms. The fourth-order valence-electron chi connectivity index (χ4n) is 5.32. The molecule has 0 fully saturated rings. The molecule has 0 aromatic heterocycles. The molecule has 4 aromatic rings. The largest absolute Gasteiger partial charge is 0.488 e. The highest BCUT2D eigenvalue weighted by atomic mass is 19.1. The number of benzene rings is 4. The van der Waals surface area contributed by atoms with Crippen molar-refractivity contribution in [3.05, 3.63) is 114 Å². The Morgan fingerprint density at radius 1 is 1.00 bits per heavy atom. The van der Waals surface area contributed by atoms with E-state index in [1.165, 1.54) is 24.3 Å². The number of fused-ring (bicyclic) bond motifs is 1. The Kier molecular flexibility index (Phi) is 10.5. The minimum atomic E-state index is -0.542. The number of anilines is 2. The first-order valence-electron chi connectivity index (χ1n) is 15.2. The number of aliphatic hydroxyl groups is 1. The van der Waals surface area contributed by atoms with Gasteiger partial charge in [-0.05, 0) is 86.3 Å². The van der Waals surface area contributed by atoms with Crippen LogP contribution in [0.4, 0.5) is 20.6 Å². The highest BCUT2D eigenvalue weighted by molar-refractivity contribution is 6.02. The van der Waals surface area contributed by atoms with Crippen molar-refractivity contribution in [2.45, 2.75) is 32.5 Å². The number of hydrogen-bond donors (Lipinski definition) is 3. The van der Waals surface area contributed by atoms with Gasteiger partial charge < -0.3 is 30.1 Å². The average molecular weight is 627 g/mol. The summed E-state index contributed by atoms with van der Waals surface area (Å²) in [4.78, 5) is 30.2. The van der Waals surface area contributed by atoms with E-state index in [4.69, 9.17) is 9.47 Å². The zero-order valence-corrected chi connectivity index (χ0v) is 26.2. The van der Waals surface area contributed by atoms with Gasteiger partial charge in [0.05, 0.1) is 18.2 Å². The molecule has 4 aromatic carbocycles. The summed E-state index contributed by atoms with van der Waals surface area (Å²) in [6, 6.07) is 27.0. The lowest BCUT2D eigenvalue weighted by Crippen LogP contribution is -2.49. The van der Waals surface area contributed by atoms with Crippen LogP contribution in [0, 0.1) is 11.7 Å². The molecule has 10 heteroatoms. The molecule has 0 aliphatic carbocycles. The van der Waals surface area contributed by atoms with Gasteiger partial charge in [0.1, 0.15) is 29.2 Å². The highest BCUT2D eigenvalue weighted by Crippen LogP contribution is 2.31. The van der Waals surface area contributed by atoms with Gasteiger partial charge in [0.2, 0.25) is 0 Å². The van der Waals surface area contributed by atoms with Crippen LogP contribution in [0.3, 0.4) is 0 Å². The summed E-state index contributed by atoms with van der Waals surface area (Å²) < 4.78 is 25.7. The van der Waals surface area contributed by atoms with Crippen LogP contribution in [0.5, 0.6) is 17.2 Å². The number of para-hydroxylation sites is 1. The van der Waals surface area contributed by atoms with Gasteiger partial charge in [-0.25, -0.2) is 9.18 Å². The molecule has 0 bridgehead atoms. The SMILES string of the molecule is C[C@H](CO)N1C[C@H](C)[C@H](CN(C)Cc2ccc(Oc3ccccc3)cc2)Oc2ccc(NC(=O)Nc3ccc(F)cc3)cc2C1=O. The van der Waals surface area contributed by atoms with E-state index < -0.39 is 17.9 Å². The number of hydrogen-bond acceptors (Lipinski definition) is 6. The fraction of sp³-hybridized carbons (Fsp3) is 0.278. The van der Waals surface area contributed by atoms with E-state index >= 15 is 0 Å². The average Bonchev–Trinajstić information content (AvgIpc) is 3.05. The third-order valence-corrected chi connectivity index (χ3v) is 7.87. The molecule has 1 heterocycles. The second-order valence-electron chi connectivity index (χ2n) is 11.7. The first kappa shape index (κ1) is 32.5. The van der Waals surface area contributed by atoms with Gasteiger partial charge in [0.25, 0.3) is 5.91 Å². The van der Waals surface area contributed by atoms with E-state index in [0.717, 1.165) is 17.1 Å². The number of amides is 3. The predicted octanol–water partition coefficient (Wildman–Crippen LogP) is 6.61. The van der Waals surface area contributed by atoms with E-state index in [9.17, 15) is 19.1 Å². The lowest BCUT2D eigenvalue weighted by atomic mass is 9.99. The van der Waals surface area contributed by atoms with E-state index in [1.807, 2.05) is 68.6 Å². The van der Waals surface area contributed by atoms with Crippen LogP contribution in [0.1, 0.15) is 29.8 Å². The molecule has 0 spiro atoms. The lowest BCUT2D eigenvalue weighted by molar-refractivity contribution is 0.0341. The normalized spacial score (nSPS) is 16.9. The van der Waals surface area contributed by atoms with Crippen molar-refractivity contribution in [3.8, 4) is 17.2 Å². The van der Waals surface area contributed by atoms with Crippen LogP contribution >= 0.6 is 0 Å². The van der Waals surface area contributed by atoms with Gasteiger partial charge in [0.15, 0.2) is 0 Å². The van der Waals surface area contributed by atoms with Gasteiger partial charge in [0, 0.05) is 36.9 Å². The number of likely N-dealkylation sites (N-methyl/N-ethyl adjacent to an activating group) is 1. The fourth-order valence-corrected chi connectivity index (χ4v) is 5.32. The van der Waals surface area contributed by atoms with Crippen LogP contribution in [0.2, 0.25) is 0 Å². The van der Waals surface area contributed by atoms with E-state index in [-0.39, 0.29) is 30.1 Å². The third-order valence-electron chi connectivity index (χ3n) is 7.87. The molecule has 3 atom stereocenters. The summed E-state index contributed by atoms with van der Waals surface area (Å²) in [5.41, 5.74) is 2.20. The number of urea groups is 1. The van der Waals surface area contributed by atoms with Crippen LogP contribution in [0.15, 0.2) is 97.1 Å². The molecule has 9 nitrogen and oxygen atoms in total. The van der Waals surface area contributed by atoms with Crippen molar-refractivity contribution >= 4 is 23.3 Å². The van der Waals surface area contributed by atoms with Gasteiger partial charge in [-0.3, -0.25) is 9.69 Å². The standard InChI is InChI=1S/C36H39FN4O5/c1-24-20-41(25(2)23-42)35(43)32-19-29(39-36(44)38-28-13-11-27(37)12-14-28)15-18-33(32)46-34(24)22-40(3)21-26-9-16-31(17-10-26)45-30-7-5-4-6-8-30/h4-19,24-25,34,42H,20-23H2,1-3H3,(H2,38,39,44)/t24-,25+,34-/m0/s1. The van der Waals surface area contributed by atoms with Crippen LogP contribution in [-0.4, -0.2) is 65.7 Å². The maximum atomic E-state index is 13.8. The van der Waals surface area contributed by atoms with Crippen LogP contribution in [-0.2, 0) is 6.54 Å². The van der Waals surface area contributed by atoms with Crippen LogP contribution in [0.25, 0.3) is 0 Å². The molecule has 5 rings (SSSR count). The molecule has 1 aliphatic rings. The summed E-state index contributed by atoms with van der Waals surface area (Å²) in [6.07, 6.45) is -0.272. The molecule has 0 saturated carbocycles. The molecule has 3 amide bonds. The molecule has 0 radical (unpaired) electrons. The molecule has 1 aliphatic heterocycles. The summed E-state index contributed by atoms with van der Waals surface area (Å²) in [5.74, 6) is 1.19. The van der Waals surface area contributed by atoms with Crippen molar-refractivity contribution in [1.82, 2.24) is 9.80 Å². The molecular formula is C36H39FN4O5. The second kappa shape index (κ2) is 14.9. The monoisotopic (exact) mass is 626 g/mol. The van der Waals surface area contributed by atoms with E-state index in [1.54, 1.807) is 30.0 Å². The summed E-state index contributed by atoms with van der Waals surface area (Å²) >= 11 is 0. The maximum absolute atomic E-state index is 13.8. The minimum absolute atomic E-state index is 0.0468. The van der Waals surface area contributed by atoms with Crippen molar-refractivity contribution < 1.29 is 28.6 Å². The number of aliphatic hydroxyl groups excluding tert-OH is 1. The highest BCUT2D eigenvalue weighted by Gasteiger charge is 2.33. The van der Waals surface area contributed by atoms with E-state index in [2.05, 4.69) is 15.5 Å². The Bertz CT molecular complexity index is 1620. The number of carbonyl (C=O) groups is 2. The van der Waals surface area contributed by atoms with Gasteiger partial charge >= 0.3 is 6.03 Å². The molecule has 3 N–H and O–H groups in total. The summed E-state index contributed by atoms with van der Waals surface area (Å²) in [5, 5.41) is 15.4. The van der Waals surface area contributed by atoms with Crippen LogP contribution < -0.4 is 20.1 Å². The van der Waals surface area contributed by atoms with Crippen molar-refractivity contribution in [3.63, 3.8) is 0 Å². The smallest absolute Gasteiger partial charge is 0.323 e. The maximum Gasteiger partial charge on any atom is 0.323 e. The Balaban J connectivity index is 1.29. The number of nitrogens with one attached hydrogen (secondary N) is 2. The summed E-state index contributed by atoms with van der Waals surface area (Å²) in [6.45, 7) is 5.29. The predicted molar refractivity (Wildman–Crippen MR) is 176 cm³/mol. The molecule has 0 saturated heterocycles.